The predicted octanol–water partition coefficient (Wildman–Crippen LogP) is 3.31. The molecule has 0 radical (unpaired) electrons. The number of ether oxygens (including phenoxy) is 3. The Morgan fingerprint density at radius 3 is 2.67 bits per heavy atom. The molecular formula is C18H20N2O4. The number of carbonyl (C=O) groups excluding carboxylic acids is 1. The molecule has 1 unspecified atom stereocenters. The lowest BCUT2D eigenvalue weighted by Crippen LogP contribution is -2.37. The van der Waals surface area contributed by atoms with E-state index in [0.29, 0.717) is 18.2 Å². The Hall–Kier alpha value is -2.76. The summed E-state index contributed by atoms with van der Waals surface area (Å²) < 4.78 is 16.3. The fraction of sp³-hybridized carbons (Fsp3) is 0.333. The fourth-order valence-electron chi connectivity index (χ4n) is 2.83. The average molecular weight is 328 g/mol. The maximum atomic E-state index is 11.3. The normalized spacial score (nSPS) is 18.2. The molecule has 0 fully saturated rings. The third-order valence-corrected chi connectivity index (χ3v) is 4.12. The molecule has 6 heteroatoms. The van der Waals surface area contributed by atoms with Gasteiger partial charge in [0.1, 0.15) is 11.9 Å². The summed E-state index contributed by atoms with van der Waals surface area (Å²) in [6.45, 7) is 4.39. The first-order chi connectivity index (χ1) is 11.4. The van der Waals surface area contributed by atoms with Crippen LogP contribution in [0.15, 0.2) is 36.5 Å². The molecule has 0 bridgehead atoms. The molecule has 24 heavy (non-hydrogen) atoms. The van der Waals surface area contributed by atoms with E-state index in [9.17, 15) is 4.79 Å². The molecule has 3 rings (SSSR count). The summed E-state index contributed by atoms with van der Waals surface area (Å²) >= 11 is 0. The molecule has 1 aliphatic rings. The Bertz CT molecular complexity index is 756. The zero-order chi connectivity index (χ0) is 17.3. The van der Waals surface area contributed by atoms with E-state index in [-0.39, 0.29) is 5.41 Å². The first-order valence-corrected chi connectivity index (χ1v) is 7.64. The van der Waals surface area contributed by atoms with E-state index in [1.807, 2.05) is 38.1 Å². The second-order valence-corrected chi connectivity index (χ2v) is 6.44. The third-order valence-electron chi connectivity index (χ3n) is 4.12. The lowest BCUT2D eigenvalue weighted by Gasteiger charge is -2.38. The molecule has 126 valence electrons. The molecule has 1 aliphatic heterocycles. The van der Waals surface area contributed by atoms with Crippen LogP contribution in [0.3, 0.4) is 0 Å². The standard InChI is InChI=1S/C18H20N2O4/c1-18(2)10-23-14-8-11(12-5-7-15(22-3)20-9-12)4-6-13(14)16(18)24-17(19)21/h4-9,16H,10H2,1-3H3,(H2,19,21). The van der Waals surface area contributed by atoms with E-state index in [2.05, 4.69) is 4.98 Å². The van der Waals surface area contributed by atoms with Crippen LogP contribution in [0.2, 0.25) is 0 Å². The Kier molecular flexibility index (Phi) is 4.05. The van der Waals surface area contributed by atoms with Gasteiger partial charge in [-0.25, -0.2) is 9.78 Å². The Morgan fingerprint density at radius 2 is 2.04 bits per heavy atom. The minimum atomic E-state index is -0.788. The third kappa shape index (κ3) is 2.99. The number of fused-ring (bicyclic) bond motifs is 1. The highest BCUT2D eigenvalue weighted by atomic mass is 16.6. The van der Waals surface area contributed by atoms with Gasteiger partial charge >= 0.3 is 6.09 Å². The van der Waals surface area contributed by atoms with Crippen LogP contribution in [0.4, 0.5) is 4.79 Å². The topological polar surface area (TPSA) is 83.7 Å². The number of rotatable bonds is 3. The minimum absolute atomic E-state index is 0.356. The molecule has 0 saturated heterocycles. The van der Waals surface area contributed by atoms with Crippen molar-refractivity contribution in [1.29, 1.82) is 0 Å². The van der Waals surface area contributed by atoms with E-state index in [4.69, 9.17) is 19.9 Å². The van der Waals surface area contributed by atoms with Gasteiger partial charge in [0.25, 0.3) is 0 Å². The van der Waals surface area contributed by atoms with Crippen molar-refractivity contribution in [2.45, 2.75) is 20.0 Å². The molecule has 2 heterocycles. The van der Waals surface area contributed by atoms with E-state index in [0.717, 1.165) is 16.7 Å². The van der Waals surface area contributed by atoms with Crippen LogP contribution in [0.25, 0.3) is 11.1 Å². The van der Waals surface area contributed by atoms with Gasteiger partial charge in [0.05, 0.1) is 13.7 Å². The number of pyridine rings is 1. The number of carbonyl (C=O) groups is 1. The molecule has 0 aliphatic carbocycles. The number of nitrogens with zero attached hydrogens (tertiary/aromatic N) is 1. The zero-order valence-corrected chi connectivity index (χ0v) is 13.9. The summed E-state index contributed by atoms with van der Waals surface area (Å²) in [6, 6.07) is 9.51. The van der Waals surface area contributed by atoms with Crippen molar-refractivity contribution < 1.29 is 19.0 Å². The quantitative estimate of drug-likeness (QED) is 0.934. The molecule has 1 aromatic carbocycles. The molecule has 1 aromatic heterocycles. The zero-order valence-electron chi connectivity index (χ0n) is 13.9. The molecule has 0 spiro atoms. The minimum Gasteiger partial charge on any atom is -0.492 e. The maximum Gasteiger partial charge on any atom is 0.405 e. The van der Waals surface area contributed by atoms with Gasteiger partial charge < -0.3 is 19.9 Å². The summed E-state index contributed by atoms with van der Waals surface area (Å²) in [5.74, 6) is 1.25. The SMILES string of the molecule is COc1ccc(-c2ccc3c(c2)OCC(C)(C)C3OC(N)=O)cn1. The van der Waals surface area contributed by atoms with Crippen molar-refractivity contribution in [3.63, 3.8) is 0 Å². The van der Waals surface area contributed by atoms with Crippen molar-refractivity contribution in [3.05, 3.63) is 42.1 Å². The number of primary amides is 1. The number of hydrogen-bond acceptors (Lipinski definition) is 5. The van der Waals surface area contributed by atoms with E-state index in [1.165, 1.54) is 0 Å². The average Bonchev–Trinajstić information content (AvgIpc) is 2.57. The number of amides is 1. The van der Waals surface area contributed by atoms with Crippen molar-refractivity contribution in [3.8, 4) is 22.8 Å². The van der Waals surface area contributed by atoms with Gasteiger partial charge in [0, 0.05) is 28.8 Å². The van der Waals surface area contributed by atoms with E-state index in [1.54, 1.807) is 19.4 Å². The van der Waals surface area contributed by atoms with Crippen LogP contribution in [0.5, 0.6) is 11.6 Å². The first-order valence-electron chi connectivity index (χ1n) is 7.64. The van der Waals surface area contributed by atoms with Crippen LogP contribution in [-0.2, 0) is 4.74 Å². The Balaban J connectivity index is 1.97. The molecule has 0 saturated carbocycles. The summed E-state index contributed by atoms with van der Waals surface area (Å²) in [6.07, 6.45) is 0.510. The van der Waals surface area contributed by atoms with Crippen LogP contribution >= 0.6 is 0 Å². The van der Waals surface area contributed by atoms with Crippen LogP contribution in [-0.4, -0.2) is 24.8 Å². The summed E-state index contributed by atoms with van der Waals surface area (Å²) in [5, 5.41) is 0. The van der Waals surface area contributed by atoms with Gasteiger partial charge in [-0.3, -0.25) is 0 Å². The van der Waals surface area contributed by atoms with Crippen LogP contribution in [0.1, 0.15) is 25.5 Å². The Morgan fingerprint density at radius 1 is 1.29 bits per heavy atom. The number of hydrogen-bond donors (Lipinski definition) is 1. The molecule has 1 atom stereocenters. The summed E-state index contributed by atoms with van der Waals surface area (Å²) in [7, 11) is 1.58. The van der Waals surface area contributed by atoms with E-state index < -0.39 is 12.2 Å². The van der Waals surface area contributed by atoms with Crippen molar-refractivity contribution in [1.82, 2.24) is 4.98 Å². The highest BCUT2D eigenvalue weighted by Crippen LogP contribution is 2.46. The largest absolute Gasteiger partial charge is 0.492 e. The van der Waals surface area contributed by atoms with Crippen LogP contribution in [0, 0.1) is 5.41 Å². The fourth-order valence-corrected chi connectivity index (χ4v) is 2.83. The lowest BCUT2D eigenvalue weighted by atomic mass is 9.80. The lowest BCUT2D eigenvalue weighted by molar-refractivity contribution is -0.0176. The van der Waals surface area contributed by atoms with Crippen molar-refractivity contribution in [2.24, 2.45) is 11.1 Å². The van der Waals surface area contributed by atoms with Crippen molar-refractivity contribution >= 4 is 6.09 Å². The monoisotopic (exact) mass is 328 g/mol. The molecule has 2 aromatic rings. The highest BCUT2D eigenvalue weighted by molar-refractivity contribution is 5.68. The molecular weight excluding hydrogens is 308 g/mol. The van der Waals surface area contributed by atoms with Crippen molar-refractivity contribution in [2.75, 3.05) is 13.7 Å². The van der Waals surface area contributed by atoms with E-state index >= 15 is 0 Å². The van der Waals surface area contributed by atoms with Gasteiger partial charge in [-0.05, 0) is 17.7 Å². The number of methoxy groups -OCH3 is 1. The van der Waals surface area contributed by atoms with Gasteiger partial charge in [-0.1, -0.05) is 26.0 Å². The second kappa shape index (κ2) is 6.03. The second-order valence-electron chi connectivity index (χ2n) is 6.44. The smallest absolute Gasteiger partial charge is 0.405 e. The van der Waals surface area contributed by atoms with Gasteiger partial charge in [0.2, 0.25) is 5.88 Å². The highest BCUT2D eigenvalue weighted by Gasteiger charge is 2.40. The predicted molar refractivity (Wildman–Crippen MR) is 88.9 cm³/mol. The number of aromatic nitrogens is 1. The van der Waals surface area contributed by atoms with Crippen LogP contribution < -0.4 is 15.2 Å². The molecule has 6 nitrogen and oxygen atoms in total. The van der Waals surface area contributed by atoms with Gasteiger partial charge in [0.15, 0.2) is 0 Å². The van der Waals surface area contributed by atoms with Gasteiger partial charge in [-0.15, -0.1) is 0 Å². The maximum absolute atomic E-state index is 11.3. The number of benzene rings is 1. The first kappa shape index (κ1) is 16.1. The van der Waals surface area contributed by atoms with Gasteiger partial charge in [-0.2, -0.15) is 0 Å². The number of nitrogens with two attached hydrogens (primary N) is 1. The Labute approximate surface area is 140 Å². The summed E-state index contributed by atoms with van der Waals surface area (Å²) in [5.41, 5.74) is 7.59. The summed E-state index contributed by atoms with van der Waals surface area (Å²) in [4.78, 5) is 15.5. The molecule has 1 amide bonds. The molecule has 2 N–H and O–H groups in total.